The fourth-order valence-electron chi connectivity index (χ4n) is 2.77. The van der Waals surface area contributed by atoms with E-state index in [-0.39, 0.29) is 22.2 Å². The van der Waals surface area contributed by atoms with Gasteiger partial charge in [-0.05, 0) is 12.8 Å². The van der Waals surface area contributed by atoms with Crippen molar-refractivity contribution in [3.8, 4) is 0 Å². The normalized spacial score (nSPS) is 14.2. The summed E-state index contributed by atoms with van der Waals surface area (Å²) < 4.78 is 0. The zero-order valence-electron chi connectivity index (χ0n) is 18.8. The van der Waals surface area contributed by atoms with E-state index in [2.05, 4.69) is 71.9 Å². The Morgan fingerprint density at radius 2 is 1.46 bits per heavy atom. The van der Waals surface area contributed by atoms with Gasteiger partial charge < -0.3 is 5.73 Å². The van der Waals surface area contributed by atoms with Gasteiger partial charge >= 0.3 is 0 Å². The average Bonchev–Trinajstić information content (AvgIpc) is 2.58. The molecule has 2 N–H and O–H groups in total. The van der Waals surface area contributed by atoms with E-state index < -0.39 is 0 Å². The van der Waals surface area contributed by atoms with Gasteiger partial charge in [-0.15, -0.1) is 15.3 Å². The van der Waals surface area contributed by atoms with Crippen LogP contribution in [0.3, 0.4) is 0 Å². The molecule has 0 aromatic carbocycles. The van der Waals surface area contributed by atoms with Crippen LogP contribution in [0.15, 0.2) is 6.20 Å². The van der Waals surface area contributed by atoms with E-state index in [1.54, 1.807) is 0 Å². The highest BCUT2D eigenvalue weighted by atomic mass is 15.2. The number of nitrogens with two attached hydrogens (primary N) is 1. The predicted octanol–water partition coefficient (Wildman–Crippen LogP) is 4.10. The van der Waals surface area contributed by atoms with Gasteiger partial charge in [0.1, 0.15) is 11.5 Å². The Labute approximate surface area is 169 Å². The van der Waals surface area contributed by atoms with Gasteiger partial charge in [-0.3, -0.25) is 0 Å². The third-order valence-corrected chi connectivity index (χ3v) is 5.02. The first-order valence-electron chi connectivity index (χ1n) is 9.93. The van der Waals surface area contributed by atoms with Gasteiger partial charge in [-0.25, -0.2) is 9.97 Å². The molecule has 0 spiro atoms. The molecule has 7 nitrogen and oxygen atoms in total. The van der Waals surface area contributed by atoms with E-state index in [0.717, 1.165) is 30.1 Å². The smallest absolute Gasteiger partial charge is 0.158 e. The number of aromatic nitrogens is 6. The molecule has 0 radical (unpaired) electrons. The second kappa shape index (κ2) is 7.68. The van der Waals surface area contributed by atoms with Gasteiger partial charge in [-0.1, -0.05) is 62.3 Å². The van der Waals surface area contributed by atoms with Crippen molar-refractivity contribution in [2.24, 2.45) is 0 Å². The third kappa shape index (κ3) is 5.20. The van der Waals surface area contributed by atoms with Crippen molar-refractivity contribution in [1.29, 1.82) is 0 Å². The fourth-order valence-corrected chi connectivity index (χ4v) is 2.77. The highest BCUT2D eigenvalue weighted by molar-refractivity contribution is 5.36. The molecule has 0 aliphatic rings. The van der Waals surface area contributed by atoms with Crippen LogP contribution in [0.4, 0.5) is 5.82 Å². The van der Waals surface area contributed by atoms with Crippen LogP contribution in [-0.4, -0.2) is 30.4 Å². The Morgan fingerprint density at radius 3 is 1.93 bits per heavy atom. The van der Waals surface area contributed by atoms with Gasteiger partial charge in [0, 0.05) is 22.2 Å². The standard InChI is InChI=1S/C21H35N7/c1-13(15-16(22)24-17(27-26-15)20(5,6)7)10-11-21(8,9)18-23-12-14(25-28-18)19(2,3)4/h12-13H,10-11H2,1-9H3,(H2,22,24,27). The Balaban J connectivity index is 2.10. The topological polar surface area (TPSA) is 103 Å². The number of hydrogen-bond donors (Lipinski definition) is 1. The van der Waals surface area contributed by atoms with Crippen molar-refractivity contribution in [2.45, 2.75) is 97.3 Å². The molecule has 0 aliphatic heterocycles. The molecule has 2 aromatic heterocycles. The monoisotopic (exact) mass is 385 g/mol. The van der Waals surface area contributed by atoms with Gasteiger partial charge in [0.15, 0.2) is 11.6 Å². The highest BCUT2D eigenvalue weighted by Gasteiger charge is 2.28. The van der Waals surface area contributed by atoms with Crippen LogP contribution in [0.25, 0.3) is 0 Å². The Hall–Kier alpha value is -2.18. The lowest BCUT2D eigenvalue weighted by atomic mass is 9.83. The van der Waals surface area contributed by atoms with Crippen molar-refractivity contribution >= 4 is 5.82 Å². The third-order valence-electron chi connectivity index (χ3n) is 5.02. The maximum Gasteiger partial charge on any atom is 0.158 e. The first-order chi connectivity index (χ1) is 12.7. The molecule has 2 rings (SSSR count). The zero-order valence-corrected chi connectivity index (χ0v) is 18.8. The molecule has 0 bridgehead atoms. The molecule has 0 aliphatic carbocycles. The Bertz CT molecular complexity index is 799. The summed E-state index contributed by atoms with van der Waals surface area (Å²) in [7, 11) is 0. The summed E-state index contributed by atoms with van der Waals surface area (Å²) >= 11 is 0. The maximum absolute atomic E-state index is 6.18. The number of nitrogens with zero attached hydrogens (tertiary/aromatic N) is 6. The first kappa shape index (κ1) is 22.1. The van der Waals surface area contributed by atoms with Crippen molar-refractivity contribution in [3.63, 3.8) is 0 Å². The van der Waals surface area contributed by atoms with Crippen LogP contribution in [0.2, 0.25) is 0 Å². The van der Waals surface area contributed by atoms with Crippen molar-refractivity contribution in [1.82, 2.24) is 30.4 Å². The number of rotatable bonds is 5. The molecule has 2 heterocycles. The number of hydrogen-bond acceptors (Lipinski definition) is 7. The van der Waals surface area contributed by atoms with E-state index in [0.29, 0.717) is 11.6 Å². The van der Waals surface area contributed by atoms with Gasteiger partial charge in [0.25, 0.3) is 0 Å². The van der Waals surface area contributed by atoms with Crippen LogP contribution in [-0.2, 0) is 16.2 Å². The summed E-state index contributed by atoms with van der Waals surface area (Å²) in [6.45, 7) is 18.9. The summed E-state index contributed by atoms with van der Waals surface area (Å²) in [5.41, 5.74) is 7.41. The molecule has 0 amide bonds. The second-order valence-corrected chi connectivity index (χ2v) is 10.4. The lowest BCUT2D eigenvalue weighted by molar-refractivity contribution is 0.404. The fraction of sp³-hybridized carbons (Fsp3) is 0.714. The van der Waals surface area contributed by atoms with E-state index in [9.17, 15) is 0 Å². The summed E-state index contributed by atoms with van der Waals surface area (Å²) in [6.07, 6.45) is 3.60. The first-order valence-corrected chi connectivity index (χ1v) is 9.93. The SMILES string of the molecule is CC(CCC(C)(C)c1ncc(C(C)(C)C)nn1)c1nnc(C(C)(C)C)nc1N. The molecule has 154 valence electrons. The van der Waals surface area contributed by atoms with Crippen LogP contribution >= 0.6 is 0 Å². The van der Waals surface area contributed by atoms with Crippen LogP contribution in [0, 0.1) is 0 Å². The van der Waals surface area contributed by atoms with Crippen molar-refractivity contribution in [2.75, 3.05) is 5.73 Å². The van der Waals surface area contributed by atoms with Crippen LogP contribution < -0.4 is 5.73 Å². The lowest BCUT2D eigenvalue weighted by Gasteiger charge is -2.25. The molecule has 2 aromatic rings. The van der Waals surface area contributed by atoms with Crippen molar-refractivity contribution in [3.05, 3.63) is 29.2 Å². The van der Waals surface area contributed by atoms with E-state index in [1.807, 2.05) is 27.0 Å². The largest absolute Gasteiger partial charge is 0.382 e. The molecular formula is C21H35N7. The minimum Gasteiger partial charge on any atom is -0.382 e. The minimum absolute atomic E-state index is 0.0560. The molecule has 28 heavy (non-hydrogen) atoms. The summed E-state index contributed by atoms with van der Waals surface area (Å²) in [6, 6.07) is 0. The van der Waals surface area contributed by atoms with Gasteiger partial charge in [0.2, 0.25) is 0 Å². The zero-order chi connectivity index (χ0) is 21.3. The van der Waals surface area contributed by atoms with Crippen LogP contribution in [0.1, 0.15) is 104 Å². The van der Waals surface area contributed by atoms with Crippen molar-refractivity contribution < 1.29 is 0 Å². The molecule has 0 fully saturated rings. The maximum atomic E-state index is 6.18. The molecule has 0 saturated carbocycles. The molecule has 1 atom stereocenters. The number of nitrogen functional groups attached to an aromatic ring is 1. The van der Waals surface area contributed by atoms with Gasteiger partial charge in [0.05, 0.1) is 11.9 Å². The van der Waals surface area contributed by atoms with Crippen LogP contribution in [0.5, 0.6) is 0 Å². The molecule has 0 saturated heterocycles. The summed E-state index contributed by atoms with van der Waals surface area (Å²) in [5, 5.41) is 17.4. The second-order valence-electron chi connectivity index (χ2n) is 10.4. The molecular weight excluding hydrogens is 350 g/mol. The summed E-state index contributed by atoms with van der Waals surface area (Å²) in [5.74, 6) is 2.04. The quantitative estimate of drug-likeness (QED) is 0.826. The molecule has 1 unspecified atom stereocenters. The van der Waals surface area contributed by atoms with E-state index >= 15 is 0 Å². The summed E-state index contributed by atoms with van der Waals surface area (Å²) in [4.78, 5) is 9.06. The minimum atomic E-state index is -0.196. The average molecular weight is 386 g/mol. The van der Waals surface area contributed by atoms with E-state index in [4.69, 9.17) is 5.73 Å². The lowest BCUT2D eigenvalue weighted by Crippen LogP contribution is -2.25. The van der Waals surface area contributed by atoms with E-state index in [1.165, 1.54) is 0 Å². The Kier molecular flexibility index (Phi) is 6.07. The molecule has 7 heteroatoms. The number of anilines is 1. The Morgan fingerprint density at radius 1 is 0.857 bits per heavy atom. The predicted molar refractivity (Wildman–Crippen MR) is 112 cm³/mol. The van der Waals surface area contributed by atoms with Gasteiger partial charge in [-0.2, -0.15) is 5.10 Å². The highest BCUT2D eigenvalue weighted by Crippen LogP contribution is 2.32.